The van der Waals surface area contributed by atoms with Gasteiger partial charge in [0.15, 0.2) is 0 Å². The number of rotatable bonds is 4. The minimum Gasteiger partial charge on any atom is -0.306 e. The quantitative estimate of drug-likeness (QED) is 0.819. The fourth-order valence-corrected chi connectivity index (χ4v) is 3.63. The fourth-order valence-electron chi connectivity index (χ4n) is 1.55. The van der Waals surface area contributed by atoms with E-state index in [1.165, 1.54) is 14.0 Å². The molecule has 1 N–H and O–H groups in total. The van der Waals surface area contributed by atoms with Crippen molar-refractivity contribution in [2.75, 3.05) is 6.54 Å². The monoisotopic (exact) mass is 349 g/mol. The molecular weight excluding hydrogens is 337 g/mol. The van der Waals surface area contributed by atoms with Gasteiger partial charge in [-0.05, 0) is 68.5 Å². The molecule has 0 radical (unpaired) electrons. The van der Waals surface area contributed by atoms with Crippen molar-refractivity contribution in [3.8, 4) is 0 Å². The molecule has 2 aromatic heterocycles. The Hall–Kier alpha value is 0.0900. The lowest BCUT2D eigenvalue weighted by molar-refractivity contribution is 0.634. The number of halogens is 1. The second-order valence-electron chi connectivity index (χ2n) is 3.23. The third-order valence-corrected chi connectivity index (χ3v) is 4.71. The van der Waals surface area contributed by atoms with Crippen LogP contribution in [0.2, 0.25) is 0 Å². The van der Waals surface area contributed by atoms with Crippen LogP contribution in [0.3, 0.4) is 0 Å². The summed E-state index contributed by atoms with van der Waals surface area (Å²) in [5.41, 5.74) is 2.75. The van der Waals surface area contributed by atoms with Gasteiger partial charge in [-0.3, -0.25) is 0 Å². The van der Waals surface area contributed by atoms with Crippen LogP contribution in [-0.4, -0.2) is 6.54 Å². The molecule has 2 rings (SSSR count). The maximum absolute atomic E-state index is 3.52. The van der Waals surface area contributed by atoms with Gasteiger partial charge in [-0.2, -0.15) is 11.3 Å². The molecule has 4 heteroatoms. The van der Waals surface area contributed by atoms with Gasteiger partial charge >= 0.3 is 0 Å². The number of hydrogen-bond acceptors (Lipinski definition) is 3. The van der Waals surface area contributed by atoms with Gasteiger partial charge in [0.25, 0.3) is 0 Å². The Morgan fingerprint density at radius 2 is 2.27 bits per heavy atom. The summed E-state index contributed by atoms with van der Waals surface area (Å²) in [4.78, 5) is 0. The predicted molar refractivity (Wildman–Crippen MR) is 76.9 cm³/mol. The van der Waals surface area contributed by atoms with Gasteiger partial charge in [0.2, 0.25) is 0 Å². The minimum atomic E-state index is 0.362. The third kappa shape index (κ3) is 2.81. The number of nitrogens with one attached hydrogen (secondary N) is 1. The molecule has 2 heterocycles. The van der Waals surface area contributed by atoms with Gasteiger partial charge in [-0.1, -0.05) is 6.92 Å². The fraction of sp³-hybridized carbons (Fsp3) is 0.273. The second-order valence-corrected chi connectivity index (χ2v) is 6.82. The average Bonchev–Trinajstić information content (AvgIpc) is 2.85. The summed E-state index contributed by atoms with van der Waals surface area (Å²) in [5, 5.41) is 10.1. The predicted octanol–water partition coefficient (Wildman–Crippen LogP) is 4.11. The van der Waals surface area contributed by atoms with Gasteiger partial charge in [0.1, 0.15) is 0 Å². The first-order chi connectivity index (χ1) is 7.31. The first kappa shape index (κ1) is 11.6. The molecule has 0 aliphatic rings. The van der Waals surface area contributed by atoms with Gasteiger partial charge in [-0.25, -0.2) is 0 Å². The van der Waals surface area contributed by atoms with Crippen molar-refractivity contribution in [3.05, 3.63) is 42.3 Å². The minimum absolute atomic E-state index is 0.362. The summed E-state index contributed by atoms with van der Waals surface area (Å²) < 4.78 is 1.35. The Morgan fingerprint density at radius 3 is 2.80 bits per heavy atom. The highest BCUT2D eigenvalue weighted by Crippen LogP contribution is 2.28. The molecule has 0 saturated carbocycles. The van der Waals surface area contributed by atoms with Gasteiger partial charge in [0, 0.05) is 0 Å². The van der Waals surface area contributed by atoms with E-state index in [1.807, 2.05) is 0 Å². The Kier molecular flexibility index (Phi) is 4.19. The van der Waals surface area contributed by atoms with Crippen LogP contribution in [-0.2, 0) is 0 Å². The highest BCUT2D eigenvalue weighted by atomic mass is 127. The molecule has 0 saturated heterocycles. The van der Waals surface area contributed by atoms with Gasteiger partial charge in [0.05, 0.1) is 8.93 Å². The van der Waals surface area contributed by atoms with Crippen LogP contribution in [0.4, 0.5) is 0 Å². The van der Waals surface area contributed by atoms with Crippen LogP contribution in [0.1, 0.15) is 24.1 Å². The highest BCUT2D eigenvalue weighted by molar-refractivity contribution is 14.1. The second kappa shape index (κ2) is 5.43. The summed E-state index contributed by atoms with van der Waals surface area (Å²) in [7, 11) is 0. The van der Waals surface area contributed by atoms with E-state index >= 15 is 0 Å². The molecule has 2 aromatic rings. The van der Waals surface area contributed by atoms with E-state index in [9.17, 15) is 0 Å². The van der Waals surface area contributed by atoms with Gasteiger partial charge in [-0.15, -0.1) is 11.3 Å². The molecular formula is C11H12INS2. The van der Waals surface area contributed by atoms with Crippen LogP contribution in [0.5, 0.6) is 0 Å². The topological polar surface area (TPSA) is 12.0 Å². The molecule has 15 heavy (non-hydrogen) atoms. The SMILES string of the molecule is CCNC(c1ccsc1)c1csc(I)c1. The van der Waals surface area contributed by atoms with Crippen LogP contribution in [0.25, 0.3) is 0 Å². The Morgan fingerprint density at radius 1 is 1.40 bits per heavy atom. The lowest BCUT2D eigenvalue weighted by Crippen LogP contribution is -2.20. The van der Waals surface area contributed by atoms with E-state index in [2.05, 4.69) is 63.1 Å². The van der Waals surface area contributed by atoms with E-state index in [4.69, 9.17) is 0 Å². The lowest BCUT2D eigenvalue weighted by atomic mass is 10.1. The van der Waals surface area contributed by atoms with Crippen LogP contribution in [0.15, 0.2) is 28.3 Å². The zero-order chi connectivity index (χ0) is 10.7. The first-order valence-corrected chi connectivity index (χ1v) is 7.70. The van der Waals surface area contributed by atoms with E-state index in [-0.39, 0.29) is 0 Å². The molecule has 1 atom stereocenters. The molecule has 0 spiro atoms. The third-order valence-electron chi connectivity index (χ3n) is 2.21. The van der Waals surface area contributed by atoms with Crippen LogP contribution < -0.4 is 5.32 Å². The van der Waals surface area contributed by atoms with E-state index in [1.54, 1.807) is 22.7 Å². The van der Waals surface area contributed by atoms with Crippen LogP contribution in [0, 0.1) is 2.88 Å². The van der Waals surface area contributed by atoms with Crippen molar-refractivity contribution < 1.29 is 0 Å². The molecule has 1 nitrogen and oxygen atoms in total. The molecule has 0 aliphatic carbocycles. The zero-order valence-electron chi connectivity index (χ0n) is 8.37. The molecule has 1 unspecified atom stereocenters. The molecule has 0 bridgehead atoms. The zero-order valence-corrected chi connectivity index (χ0v) is 12.2. The lowest BCUT2D eigenvalue weighted by Gasteiger charge is -2.15. The largest absolute Gasteiger partial charge is 0.306 e. The van der Waals surface area contributed by atoms with Crippen molar-refractivity contribution in [3.63, 3.8) is 0 Å². The normalized spacial score (nSPS) is 12.9. The summed E-state index contributed by atoms with van der Waals surface area (Å²) in [6, 6.07) is 4.82. The Balaban J connectivity index is 2.27. The number of thiophene rings is 2. The molecule has 0 fully saturated rings. The maximum Gasteiger partial charge on any atom is 0.0656 e. The summed E-state index contributed by atoms with van der Waals surface area (Å²) in [5.74, 6) is 0. The van der Waals surface area contributed by atoms with Crippen molar-refractivity contribution in [2.45, 2.75) is 13.0 Å². The summed E-state index contributed by atoms with van der Waals surface area (Å²) in [6.07, 6.45) is 0. The van der Waals surface area contributed by atoms with E-state index in [0.29, 0.717) is 6.04 Å². The molecule has 0 amide bonds. The van der Waals surface area contributed by atoms with Crippen molar-refractivity contribution in [1.82, 2.24) is 5.32 Å². The highest BCUT2D eigenvalue weighted by Gasteiger charge is 2.14. The Labute approximate surface area is 112 Å². The first-order valence-electron chi connectivity index (χ1n) is 4.80. The molecule has 0 aliphatic heterocycles. The number of hydrogen-bond donors (Lipinski definition) is 1. The van der Waals surface area contributed by atoms with Crippen molar-refractivity contribution in [2.24, 2.45) is 0 Å². The summed E-state index contributed by atoms with van der Waals surface area (Å²) >= 11 is 5.94. The van der Waals surface area contributed by atoms with Crippen LogP contribution >= 0.6 is 45.3 Å². The smallest absolute Gasteiger partial charge is 0.0656 e. The maximum atomic E-state index is 3.52. The van der Waals surface area contributed by atoms with Crippen molar-refractivity contribution in [1.29, 1.82) is 0 Å². The molecule has 80 valence electrons. The van der Waals surface area contributed by atoms with E-state index in [0.717, 1.165) is 6.54 Å². The molecule has 0 aromatic carbocycles. The van der Waals surface area contributed by atoms with Crippen molar-refractivity contribution >= 4 is 45.3 Å². The average molecular weight is 349 g/mol. The standard InChI is InChI=1S/C11H12INS2/c1-2-13-11(8-3-4-14-6-8)9-5-10(12)15-7-9/h3-7,11,13H,2H2,1H3. The Bertz CT molecular complexity index is 408. The summed E-state index contributed by atoms with van der Waals surface area (Å²) in [6.45, 7) is 3.14. The van der Waals surface area contributed by atoms with Gasteiger partial charge < -0.3 is 5.32 Å². The van der Waals surface area contributed by atoms with E-state index < -0.39 is 0 Å².